The molecule has 0 bridgehead atoms. The smallest absolute Gasteiger partial charge is 0.226 e. The van der Waals surface area contributed by atoms with Crippen LogP contribution < -0.4 is 24.3 Å². The van der Waals surface area contributed by atoms with Crippen molar-refractivity contribution in [1.29, 1.82) is 0 Å². The van der Waals surface area contributed by atoms with E-state index in [1.807, 2.05) is 66.7 Å². The number of nitrogens with one attached hydrogen (secondary N) is 1. The van der Waals surface area contributed by atoms with Crippen LogP contribution >= 0.6 is 0 Å². The van der Waals surface area contributed by atoms with Gasteiger partial charge in [-0.2, -0.15) is 10.1 Å². The molecule has 0 spiro atoms. The molecule has 2 aliphatic rings. The van der Waals surface area contributed by atoms with E-state index in [1.165, 1.54) is 6.33 Å². The van der Waals surface area contributed by atoms with Crippen LogP contribution in [0.3, 0.4) is 0 Å². The first-order valence-corrected chi connectivity index (χ1v) is 13.1. The average molecular weight is 539 g/mol. The molecule has 1 aromatic heterocycles. The minimum atomic E-state index is -0.440. The zero-order valence-corrected chi connectivity index (χ0v) is 22.6. The molecular formula is C31H30N4O5. The number of hydrogen-bond acceptors (Lipinski definition) is 8. The Hall–Kier alpha value is -4.79. The second-order valence-corrected chi connectivity index (χ2v) is 9.78. The molecule has 9 heteroatoms. The molecule has 2 atom stereocenters. The van der Waals surface area contributed by atoms with Gasteiger partial charge in [0.25, 0.3) is 0 Å². The number of ketones is 1. The van der Waals surface area contributed by atoms with Crippen LogP contribution in [0.1, 0.15) is 41.5 Å². The highest BCUT2D eigenvalue weighted by Crippen LogP contribution is 2.46. The zero-order chi connectivity index (χ0) is 27.6. The molecule has 1 aliphatic heterocycles. The molecule has 3 aromatic carbocycles. The van der Waals surface area contributed by atoms with Crippen LogP contribution in [0.15, 0.2) is 84.3 Å². The number of benzene rings is 3. The number of Topliss-reactive ketones (excluding diaryl/α,β-unsaturated/α-hetero) is 1. The van der Waals surface area contributed by atoms with E-state index in [0.717, 1.165) is 22.4 Å². The van der Waals surface area contributed by atoms with Crippen molar-refractivity contribution in [1.82, 2.24) is 14.8 Å². The Labute approximate surface area is 232 Å². The molecule has 2 heterocycles. The molecule has 1 N–H and O–H groups in total. The number of rotatable bonds is 8. The number of nitrogens with zero attached hydrogens (tertiary/aromatic N) is 3. The van der Waals surface area contributed by atoms with Gasteiger partial charge < -0.3 is 24.3 Å². The van der Waals surface area contributed by atoms with Crippen LogP contribution in [-0.2, 0) is 11.4 Å². The largest absolute Gasteiger partial charge is 0.493 e. The molecule has 0 unspecified atom stereocenters. The van der Waals surface area contributed by atoms with E-state index in [2.05, 4.69) is 15.4 Å². The number of hydrogen-bond donors (Lipinski definition) is 1. The lowest BCUT2D eigenvalue weighted by atomic mass is 9.78. The Morgan fingerprint density at radius 1 is 0.850 bits per heavy atom. The van der Waals surface area contributed by atoms with Crippen LogP contribution in [0.2, 0.25) is 0 Å². The SMILES string of the molecule is COc1ccc([C@H]2CC(=O)C3=C(C2)Nc2ncnn2[C@@H]3c2ccc(OCc3ccccc3)c(OC)c2)cc1OC. The van der Waals surface area contributed by atoms with Gasteiger partial charge in [0.15, 0.2) is 28.8 Å². The summed E-state index contributed by atoms with van der Waals surface area (Å²) in [7, 11) is 4.83. The summed E-state index contributed by atoms with van der Waals surface area (Å²) in [6.45, 7) is 0.419. The minimum Gasteiger partial charge on any atom is -0.493 e. The van der Waals surface area contributed by atoms with Crippen molar-refractivity contribution in [2.75, 3.05) is 26.6 Å². The summed E-state index contributed by atoms with van der Waals surface area (Å²) in [6, 6.07) is 21.1. The van der Waals surface area contributed by atoms with Crippen LogP contribution in [0.25, 0.3) is 0 Å². The lowest BCUT2D eigenvalue weighted by Crippen LogP contribution is -2.33. The average Bonchev–Trinajstić information content (AvgIpc) is 3.47. The van der Waals surface area contributed by atoms with Crippen molar-refractivity contribution in [3.63, 3.8) is 0 Å². The Morgan fingerprint density at radius 2 is 1.55 bits per heavy atom. The van der Waals surface area contributed by atoms with E-state index in [1.54, 1.807) is 26.0 Å². The first kappa shape index (κ1) is 25.5. The fraction of sp³-hybridized carbons (Fsp3) is 0.258. The molecular weight excluding hydrogens is 508 g/mol. The first-order chi connectivity index (χ1) is 19.6. The van der Waals surface area contributed by atoms with Gasteiger partial charge in [-0.25, -0.2) is 4.68 Å². The molecule has 0 fully saturated rings. The maximum Gasteiger partial charge on any atom is 0.226 e. The van der Waals surface area contributed by atoms with Gasteiger partial charge in [-0.3, -0.25) is 4.79 Å². The van der Waals surface area contributed by atoms with E-state index in [0.29, 0.717) is 54.0 Å². The molecule has 0 saturated carbocycles. The molecule has 6 rings (SSSR count). The summed E-state index contributed by atoms with van der Waals surface area (Å²) in [6.07, 6.45) is 2.51. The lowest BCUT2D eigenvalue weighted by Gasteiger charge is -2.35. The highest BCUT2D eigenvalue weighted by atomic mass is 16.5. The number of allylic oxidation sites excluding steroid dienone is 2. The van der Waals surface area contributed by atoms with Crippen molar-refractivity contribution >= 4 is 11.7 Å². The summed E-state index contributed by atoms with van der Waals surface area (Å²) >= 11 is 0. The molecule has 9 nitrogen and oxygen atoms in total. The number of carbonyl (C=O) groups is 1. The van der Waals surface area contributed by atoms with Gasteiger partial charge in [-0.05, 0) is 53.3 Å². The van der Waals surface area contributed by atoms with Gasteiger partial charge in [-0.15, -0.1) is 0 Å². The Bertz CT molecular complexity index is 1580. The maximum absolute atomic E-state index is 13.8. The normalized spacial score (nSPS) is 17.9. The molecule has 40 heavy (non-hydrogen) atoms. The third-order valence-corrected chi connectivity index (χ3v) is 7.48. The number of fused-ring (bicyclic) bond motifs is 1. The fourth-order valence-electron chi connectivity index (χ4n) is 5.51. The molecule has 0 amide bonds. The highest BCUT2D eigenvalue weighted by Gasteiger charge is 2.39. The van der Waals surface area contributed by atoms with E-state index in [-0.39, 0.29) is 11.7 Å². The van der Waals surface area contributed by atoms with Crippen molar-refractivity contribution in [3.05, 3.63) is 101 Å². The molecule has 4 aromatic rings. The Balaban J connectivity index is 1.33. The topological polar surface area (TPSA) is 96.7 Å². The van der Waals surface area contributed by atoms with Crippen LogP contribution in [0.4, 0.5) is 5.95 Å². The Kier molecular flexibility index (Phi) is 6.86. The van der Waals surface area contributed by atoms with Crippen LogP contribution in [-0.4, -0.2) is 41.9 Å². The van der Waals surface area contributed by atoms with Gasteiger partial charge in [0, 0.05) is 17.7 Å². The van der Waals surface area contributed by atoms with Crippen molar-refractivity contribution < 1.29 is 23.7 Å². The van der Waals surface area contributed by atoms with E-state index in [4.69, 9.17) is 18.9 Å². The zero-order valence-electron chi connectivity index (χ0n) is 22.6. The number of aromatic nitrogens is 3. The third-order valence-electron chi connectivity index (χ3n) is 7.48. The second-order valence-electron chi connectivity index (χ2n) is 9.78. The first-order valence-electron chi connectivity index (χ1n) is 13.1. The standard InChI is InChI=1S/C31H30N4O5/c1-37-25-11-9-20(15-27(25)38-2)22-13-23-29(24(36)14-22)30(35-31(34-23)32-18-33-35)21-10-12-26(28(16-21)39-3)40-17-19-7-5-4-6-8-19/h4-12,15-16,18,22,30H,13-14,17H2,1-3H3,(H,32,33,34)/t22-,30-/m1/s1. The predicted octanol–water partition coefficient (Wildman–Crippen LogP) is 5.30. The summed E-state index contributed by atoms with van der Waals surface area (Å²) in [5.41, 5.74) is 4.48. The highest BCUT2D eigenvalue weighted by molar-refractivity contribution is 6.00. The van der Waals surface area contributed by atoms with Gasteiger partial charge in [0.05, 0.1) is 21.3 Å². The lowest BCUT2D eigenvalue weighted by molar-refractivity contribution is -0.116. The molecule has 0 radical (unpaired) electrons. The maximum atomic E-state index is 13.8. The van der Waals surface area contributed by atoms with Gasteiger partial charge in [0.2, 0.25) is 5.95 Å². The van der Waals surface area contributed by atoms with Gasteiger partial charge in [-0.1, -0.05) is 42.5 Å². The van der Waals surface area contributed by atoms with Crippen LogP contribution in [0.5, 0.6) is 23.0 Å². The predicted molar refractivity (Wildman–Crippen MR) is 149 cm³/mol. The Morgan fingerprint density at radius 3 is 2.33 bits per heavy atom. The van der Waals surface area contributed by atoms with E-state index in [9.17, 15) is 4.79 Å². The van der Waals surface area contributed by atoms with Gasteiger partial charge in [0.1, 0.15) is 19.0 Å². The molecule has 0 saturated heterocycles. The number of ether oxygens (including phenoxy) is 4. The summed E-state index contributed by atoms with van der Waals surface area (Å²) in [5.74, 6) is 3.14. The monoisotopic (exact) mass is 538 g/mol. The van der Waals surface area contributed by atoms with Crippen molar-refractivity contribution in [2.45, 2.75) is 31.4 Å². The summed E-state index contributed by atoms with van der Waals surface area (Å²) < 4.78 is 24.4. The van der Waals surface area contributed by atoms with Gasteiger partial charge >= 0.3 is 0 Å². The molecule has 204 valence electrons. The van der Waals surface area contributed by atoms with Crippen LogP contribution in [0, 0.1) is 0 Å². The number of methoxy groups -OCH3 is 3. The number of carbonyl (C=O) groups excluding carboxylic acids is 1. The number of anilines is 1. The third kappa shape index (κ3) is 4.64. The molecule has 1 aliphatic carbocycles. The summed E-state index contributed by atoms with van der Waals surface area (Å²) in [4.78, 5) is 18.2. The van der Waals surface area contributed by atoms with Crippen molar-refractivity contribution in [2.24, 2.45) is 0 Å². The van der Waals surface area contributed by atoms with Crippen molar-refractivity contribution in [3.8, 4) is 23.0 Å². The van der Waals surface area contributed by atoms with E-state index >= 15 is 0 Å². The fourth-order valence-corrected chi connectivity index (χ4v) is 5.51. The summed E-state index contributed by atoms with van der Waals surface area (Å²) in [5, 5.41) is 7.84. The quantitative estimate of drug-likeness (QED) is 0.323. The second kappa shape index (κ2) is 10.8. The van der Waals surface area contributed by atoms with E-state index < -0.39 is 6.04 Å². The minimum absolute atomic E-state index is 0.0167.